The first kappa shape index (κ1) is 22.1. The molecule has 2 aromatic rings. The molecule has 1 amide bonds. The molecule has 1 aromatic carbocycles. The fourth-order valence-electron chi connectivity index (χ4n) is 2.58. The van der Waals surface area contributed by atoms with Gasteiger partial charge in [0.05, 0.1) is 19.3 Å². The lowest BCUT2D eigenvalue weighted by molar-refractivity contribution is -0.152. The fourth-order valence-corrected chi connectivity index (χ4v) is 3.70. The Morgan fingerprint density at radius 1 is 1.10 bits per heavy atom. The Balaban J connectivity index is 2.44. The van der Waals surface area contributed by atoms with Gasteiger partial charge >= 0.3 is 17.9 Å². The van der Waals surface area contributed by atoms with Crippen LogP contribution >= 0.6 is 11.3 Å². The van der Waals surface area contributed by atoms with Crippen molar-refractivity contribution in [2.75, 3.05) is 19.0 Å². The summed E-state index contributed by atoms with van der Waals surface area (Å²) in [6, 6.07) is 8.44. The second-order valence-corrected chi connectivity index (χ2v) is 6.88. The molecule has 9 heteroatoms. The van der Waals surface area contributed by atoms with Crippen LogP contribution in [0.4, 0.5) is 5.00 Å². The molecule has 0 fully saturated rings. The lowest BCUT2D eigenvalue weighted by Crippen LogP contribution is -2.25. The van der Waals surface area contributed by atoms with E-state index < -0.39 is 29.9 Å². The average molecular weight is 419 g/mol. The summed E-state index contributed by atoms with van der Waals surface area (Å²) in [5, 5.41) is 2.70. The third kappa shape index (κ3) is 5.20. The quantitative estimate of drug-likeness (QED) is 0.542. The van der Waals surface area contributed by atoms with Crippen molar-refractivity contribution >= 4 is 40.2 Å². The van der Waals surface area contributed by atoms with Gasteiger partial charge in [0, 0.05) is 12.5 Å². The summed E-state index contributed by atoms with van der Waals surface area (Å²) in [6.07, 6.45) is -1.23. The van der Waals surface area contributed by atoms with E-state index in [4.69, 9.17) is 14.2 Å². The highest BCUT2D eigenvalue weighted by atomic mass is 32.1. The van der Waals surface area contributed by atoms with Gasteiger partial charge < -0.3 is 19.5 Å². The van der Waals surface area contributed by atoms with E-state index in [1.54, 1.807) is 44.2 Å². The number of anilines is 1. The third-order valence-corrected chi connectivity index (χ3v) is 5.05. The normalized spacial score (nSPS) is 11.3. The first-order valence-corrected chi connectivity index (χ1v) is 9.53. The largest absolute Gasteiger partial charge is 0.465 e. The number of rotatable bonds is 7. The van der Waals surface area contributed by atoms with Crippen molar-refractivity contribution in [3.8, 4) is 0 Å². The van der Waals surface area contributed by atoms with Crippen molar-refractivity contribution in [3.05, 3.63) is 51.9 Å². The van der Waals surface area contributed by atoms with Gasteiger partial charge in [0.2, 0.25) is 6.10 Å². The highest BCUT2D eigenvalue weighted by Gasteiger charge is 2.30. The predicted molar refractivity (Wildman–Crippen MR) is 106 cm³/mol. The van der Waals surface area contributed by atoms with Crippen LogP contribution in [-0.4, -0.2) is 37.5 Å². The number of thiophene rings is 1. The number of carbonyl (C=O) groups is 4. The fraction of sp³-hybridized carbons (Fsp3) is 0.300. The summed E-state index contributed by atoms with van der Waals surface area (Å²) in [6.45, 7) is 4.52. The molecule has 0 aliphatic rings. The minimum atomic E-state index is -1.23. The van der Waals surface area contributed by atoms with Crippen LogP contribution in [0.25, 0.3) is 0 Å². The number of benzene rings is 1. The van der Waals surface area contributed by atoms with Crippen LogP contribution in [0, 0.1) is 6.92 Å². The van der Waals surface area contributed by atoms with Gasteiger partial charge in [-0.15, -0.1) is 11.3 Å². The standard InChI is InChI=1S/C20H21NO7S/c1-5-27-19(24)14-11(2)16(20(25)26-4)29-18(14)21-17(23)15(28-12(3)22)13-9-7-6-8-10-13/h6-10,15H,5H2,1-4H3,(H,21,23). The summed E-state index contributed by atoms with van der Waals surface area (Å²) in [7, 11) is 1.22. The van der Waals surface area contributed by atoms with E-state index in [-0.39, 0.29) is 22.0 Å². The smallest absolute Gasteiger partial charge is 0.348 e. The molecule has 154 valence electrons. The Morgan fingerprint density at radius 2 is 1.76 bits per heavy atom. The van der Waals surface area contributed by atoms with Crippen LogP contribution in [0.5, 0.6) is 0 Å². The summed E-state index contributed by atoms with van der Waals surface area (Å²) in [4.78, 5) is 49.0. The summed E-state index contributed by atoms with van der Waals surface area (Å²) >= 11 is 0.885. The molecule has 0 spiro atoms. The second-order valence-electron chi connectivity index (χ2n) is 5.86. The van der Waals surface area contributed by atoms with Crippen molar-refractivity contribution in [1.82, 2.24) is 0 Å². The number of methoxy groups -OCH3 is 1. The number of hydrogen-bond acceptors (Lipinski definition) is 8. The topological polar surface area (TPSA) is 108 Å². The van der Waals surface area contributed by atoms with E-state index >= 15 is 0 Å². The Kier molecular flexibility index (Phi) is 7.49. The molecule has 0 aliphatic heterocycles. The maximum atomic E-state index is 12.9. The molecular formula is C20H21NO7S. The minimum Gasteiger partial charge on any atom is -0.465 e. The number of carbonyl (C=O) groups excluding carboxylic acids is 4. The van der Waals surface area contributed by atoms with Crippen molar-refractivity contribution in [2.45, 2.75) is 26.9 Å². The van der Waals surface area contributed by atoms with Crippen molar-refractivity contribution < 1.29 is 33.4 Å². The minimum absolute atomic E-state index is 0.0558. The van der Waals surface area contributed by atoms with Crippen LogP contribution in [0.2, 0.25) is 0 Å². The lowest BCUT2D eigenvalue weighted by atomic mass is 10.1. The summed E-state index contributed by atoms with van der Waals surface area (Å²) in [5.74, 6) is -2.64. The van der Waals surface area contributed by atoms with Crippen LogP contribution in [-0.2, 0) is 23.8 Å². The van der Waals surface area contributed by atoms with Crippen LogP contribution in [0.15, 0.2) is 30.3 Å². The van der Waals surface area contributed by atoms with Crippen molar-refractivity contribution in [3.63, 3.8) is 0 Å². The molecular weight excluding hydrogens is 398 g/mol. The Hall–Kier alpha value is -3.20. The van der Waals surface area contributed by atoms with Gasteiger partial charge in [-0.05, 0) is 19.4 Å². The van der Waals surface area contributed by atoms with Crippen LogP contribution in [0.1, 0.15) is 51.1 Å². The number of hydrogen-bond donors (Lipinski definition) is 1. The molecule has 2 rings (SSSR count). The highest BCUT2D eigenvalue weighted by molar-refractivity contribution is 7.18. The molecule has 0 radical (unpaired) electrons. The highest BCUT2D eigenvalue weighted by Crippen LogP contribution is 2.35. The Morgan fingerprint density at radius 3 is 2.31 bits per heavy atom. The molecule has 0 bridgehead atoms. The lowest BCUT2D eigenvalue weighted by Gasteiger charge is -2.17. The first-order chi connectivity index (χ1) is 13.8. The number of esters is 3. The number of ether oxygens (including phenoxy) is 3. The molecule has 1 unspecified atom stereocenters. The average Bonchev–Trinajstić information content (AvgIpc) is 3.02. The van der Waals surface area contributed by atoms with Crippen molar-refractivity contribution in [2.24, 2.45) is 0 Å². The first-order valence-electron chi connectivity index (χ1n) is 8.71. The van der Waals surface area contributed by atoms with E-state index in [0.717, 1.165) is 11.3 Å². The third-order valence-electron chi connectivity index (χ3n) is 3.86. The molecule has 1 atom stereocenters. The van der Waals surface area contributed by atoms with Gasteiger partial charge in [-0.25, -0.2) is 9.59 Å². The van der Waals surface area contributed by atoms with E-state index in [1.165, 1.54) is 14.0 Å². The molecule has 0 saturated heterocycles. The predicted octanol–water partition coefficient (Wildman–Crippen LogP) is 3.26. The van der Waals surface area contributed by atoms with Crippen LogP contribution < -0.4 is 5.32 Å². The van der Waals surface area contributed by atoms with Gasteiger partial charge in [-0.1, -0.05) is 30.3 Å². The number of amides is 1. The van der Waals surface area contributed by atoms with Gasteiger partial charge in [0.1, 0.15) is 9.88 Å². The van der Waals surface area contributed by atoms with Gasteiger partial charge in [0.25, 0.3) is 5.91 Å². The summed E-state index contributed by atoms with van der Waals surface area (Å²) in [5.41, 5.74) is 0.846. The van der Waals surface area contributed by atoms with E-state index in [1.807, 2.05) is 0 Å². The monoisotopic (exact) mass is 419 g/mol. The van der Waals surface area contributed by atoms with Gasteiger partial charge in [-0.2, -0.15) is 0 Å². The van der Waals surface area contributed by atoms with Crippen molar-refractivity contribution in [1.29, 1.82) is 0 Å². The molecule has 8 nitrogen and oxygen atoms in total. The zero-order valence-corrected chi connectivity index (χ0v) is 17.3. The van der Waals surface area contributed by atoms with E-state index in [2.05, 4.69) is 5.32 Å². The van der Waals surface area contributed by atoms with Gasteiger partial charge in [-0.3, -0.25) is 9.59 Å². The van der Waals surface area contributed by atoms with E-state index in [9.17, 15) is 19.2 Å². The maximum Gasteiger partial charge on any atom is 0.348 e. The van der Waals surface area contributed by atoms with E-state index in [0.29, 0.717) is 11.1 Å². The Bertz CT molecular complexity index is 920. The zero-order chi connectivity index (χ0) is 21.6. The zero-order valence-electron chi connectivity index (χ0n) is 16.4. The second kappa shape index (κ2) is 9.83. The SMILES string of the molecule is CCOC(=O)c1c(NC(=O)C(OC(C)=O)c2ccccc2)sc(C(=O)OC)c1C. The van der Waals surface area contributed by atoms with Crippen LogP contribution in [0.3, 0.4) is 0 Å². The molecule has 0 aliphatic carbocycles. The molecule has 1 aromatic heterocycles. The number of nitrogens with one attached hydrogen (secondary N) is 1. The molecule has 1 N–H and O–H groups in total. The summed E-state index contributed by atoms with van der Waals surface area (Å²) < 4.78 is 15.0. The Labute approximate surface area is 171 Å². The maximum absolute atomic E-state index is 12.9. The molecule has 29 heavy (non-hydrogen) atoms. The molecule has 1 heterocycles. The van der Waals surface area contributed by atoms with Gasteiger partial charge in [0.15, 0.2) is 0 Å². The molecule has 0 saturated carbocycles.